The maximum Gasteiger partial charge on any atom is 0.303 e. The number of pyridine rings is 1. The van der Waals surface area contributed by atoms with Gasteiger partial charge >= 0.3 is 5.69 Å². The van der Waals surface area contributed by atoms with Crippen molar-refractivity contribution >= 4 is 27.8 Å². The van der Waals surface area contributed by atoms with Gasteiger partial charge in [-0.25, -0.2) is 4.98 Å². The molecule has 0 aliphatic carbocycles. The first kappa shape index (κ1) is 11.3. The minimum Gasteiger partial charge on any atom is -0.384 e. The van der Waals surface area contributed by atoms with Crippen molar-refractivity contribution in [2.75, 3.05) is 11.1 Å². The number of nitrogens with one attached hydrogen (secondary N) is 1. The number of anilines is 2. The third-order valence-corrected chi connectivity index (χ3v) is 3.00. The quantitative estimate of drug-likeness (QED) is 0.641. The van der Waals surface area contributed by atoms with Gasteiger partial charge in [0.25, 0.3) is 0 Å². The highest BCUT2D eigenvalue weighted by molar-refractivity contribution is 7.14. The van der Waals surface area contributed by atoms with Gasteiger partial charge in [0.2, 0.25) is 0 Å². The highest BCUT2D eigenvalue weighted by atomic mass is 32.1. The van der Waals surface area contributed by atoms with E-state index in [0.717, 1.165) is 5.56 Å². The molecular formula is C10H10N4O2S. The molecule has 6 nitrogen and oxygen atoms in total. The molecule has 0 radical (unpaired) electrons. The molecule has 0 aliphatic rings. The average Bonchev–Trinajstić information content (AvgIpc) is 2.76. The van der Waals surface area contributed by atoms with Crippen molar-refractivity contribution in [3.8, 4) is 0 Å². The molecule has 3 N–H and O–H groups in total. The second kappa shape index (κ2) is 4.79. The smallest absolute Gasteiger partial charge is 0.303 e. The van der Waals surface area contributed by atoms with Gasteiger partial charge in [0, 0.05) is 18.8 Å². The highest BCUT2D eigenvalue weighted by Gasteiger charge is 2.14. The summed E-state index contributed by atoms with van der Waals surface area (Å²) >= 11 is 1.30. The number of nitrogen functional groups attached to an aromatic ring is 1. The first-order chi connectivity index (χ1) is 8.16. The van der Waals surface area contributed by atoms with Gasteiger partial charge in [-0.15, -0.1) is 11.3 Å². The number of nitrogens with two attached hydrogens (primary N) is 1. The van der Waals surface area contributed by atoms with Crippen molar-refractivity contribution in [3.05, 3.63) is 45.5 Å². The van der Waals surface area contributed by atoms with Crippen LogP contribution in [-0.2, 0) is 6.54 Å². The third-order valence-electron chi connectivity index (χ3n) is 2.14. The van der Waals surface area contributed by atoms with E-state index in [1.165, 1.54) is 17.4 Å². The zero-order valence-electron chi connectivity index (χ0n) is 8.79. The summed E-state index contributed by atoms with van der Waals surface area (Å²) in [5.41, 5.74) is 6.48. The van der Waals surface area contributed by atoms with E-state index >= 15 is 0 Å². The van der Waals surface area contributed by atoms with Gasteiger partial charge in [0.05, 0.1) is 4.92 Å². The Hall–Kier alpha value is -2.15. The number of aromatic nitrogens is 1. The lowest BCUT2D eigenvalue weighted by atomic mass is 10.3. The molecule has 88 valence electrons. The molecule has 2 heterocycles. The van der Waals surface area contributed by atoms with Crippen molar-refractivity contribution in [2.45, 2.75) is 6.54 Å². The molecule has 0 saturated heterocycles. The Morgan fingerprint density at radius 3 is 2.94 bits per heavy atom. The van der Waals surface area contributed by atoms with Gasteiger partial charge in [-0.3, -0.25) is 10.1 Å². The molecule has 0 aliphatic heterocycles. The monoisotopic (exact) mass is 250 g/mol. The van der Waals surface area contributed by atoms with E-state index in [1.807, 2.05) is 6.07 Å². The van der Waals surface area contributed by atoms with Gasteiger partial charge in [-0.1, -0.05) is 6.07 Å². The third kappa shape index (κ3) is 2.70. The molecule has 7 heteroatoms. The van der Waals surface area contributed by atoms with Crippen LogP contribution in [0.25, 0.3) is 0 Å². The van der Waals surface area contributed by atoms with Gasteiger partial charge in [0.15, 0.2) is 5.00 Å². The summed E-state index contributed by atoms with van der Waals surface area (Å²) in [4.78, 5) is 14.2. The number of thiophene rings is 1. The van der Waals surface area contributed by atoms with Crippen LogP contribution in [0.2, 0.25) is 0 Å². The zero-order chi connectivity index (χ0) is 12.3. The molecule has 0 spiro atoms. The van der Waals surface area contributed by atoms with Gasteiger partial charge in [-0.2, -0.15) is 0 Å². The molecule has 0 amide bonds. The molecule has 0 atom stereocenters. The van der Waals surface area contributed by atoms with Gasteiger partial charge in [0.1, 0.15) is 5.82 Å². The van der Waals surface area contributed by atoms with Crippen molar-refractivity contribution in [3.63, 3.8) is 0 Å². The van der Waals surface area contributed by atoms with Crippen molar-refractivity contribution in [1.29, 1.82) is 0 Å². The van der Waals surface area contributed by atoms with E-state index in [0.29, 0.717) is 17.4 Å². The predicted octanol–water partition coefficient (Wildman–Crippen LogP) is 2.25. The molecule has 2 rings (SSSR count). The topological polar surface area (TPSA) is 94.1 Å². The van der Waals surface area contributed by atoms with Crippen molar-refractivity contribution in [1.82, 2.24) is 4.98 Å². The van der Waals surface area contributed by atoms with E-state index < -0.39 is 4.92 Å². The SMILES string of the molecule is Nc1ccc(CNc2sccc2[N+](=O)[O-])cn1. The highest BCUT2D eigenvalue weighted by Crippen LogP contribution is 2.30. The van der Waals surface area contributed by atoms with Gasteiger partial charge < -0.3 is 11.1 Å². The van der Waals surface area contributed by atoms with E-state index in [-0.39, 0.29) is 5.69 Å². The molecule has 17 heavy (non-hydrogen) atoms. The zero-order valence-corrected chi connectivity index (χ0v) is 9.61. The van der Waals surface area contributed by atoms with E-state index in [9.17, 15) is 10.1 Å². The Morgan fingerprint density at radius 2 is 2.29 bits per heavy atom. The molecule has 2 aromatic rings. The molecular weight excluding hydrogens is 240 g/mol. The Kier molecular flexibility index (Phi) is 3.20. The van der Waals surface area contributed by atoms with E-state index in [2.05, 4.69) is 10.3 Å². The molecule has 2 aromatic heterocycles. The maximum atomic E-state index is 10.7. The number of hydrogen-bond acceptors (Lipinski definition) is 6. The Bertz CT molecular complexity index is 523. The summed E-state index contributed by atoms with van der Waals surface area (Å²) in [6.07, 6.45) is 1.64. The molecule has 0 aromatic carbocycles. The second-order valence-corrected chi connectivity index (χ2v) is 4.25. The van der Waals surface area contributed by atoms with Crippen LogP contribution in [0.3, 0.4) is 0 Å². The fraction of sp³-hybridized carbons (Fsp3) is 0.100. The lowest BCUT2D eigenvalue weighted by Gasteiger charge is -2.03. The Labute approximate surface area is 101 Å². The lowest BCUT2D eigenvalue weighted by molar-refractivity contribution is -0.383. The second-order valence-electron chi connectivity index (χ2n) is 3.34. The largest absolute Gasteiger partial charge is 0.384 e. The minimum absolute atomic E-state index is 0.0957. The van der Waals surface area contributed by atoms with Crippen molar-refractivity contribution in [2.24, 2.45) is 0 Å². The average molecular weight is 250 g/mol. The Morgan fingerprint density at radius 1 is 1.47 bits per heavy atom. The standard InChI is InChI=1S/C10H10N4O2S/c11-9-2-1-7(5-12-9)6-13-10-8(14(15)16)3-4-17-10/h1-5,13H,6H2,(H2,11,12). The van der Waals surface area contributed by atoms with Crippen LogP contribution in [0.5, 0.6) is 0 Å². The predicted molar refractivity (Wildman–Crippen MR) is 66.9 cm³/mol. The fourth-order valence-electron chi connectivity index (χ4n) is 1.30. The first-order valence-corrected chi connectivity index (χ1v) is 5.71. The molecule has 0 fully saturated rings. The fourth-order valence-corrected chi connectivity index (χ4v) is 2.05. The van der Waals surface area contributed by atoms with E-state index in [4.69, 9.17) is 5.73 Å². The normalized spacial score (nSPS) is 10.1. The lowest BCUT2D eigenvalue weighted by Crippen LogP contribution is -2.01. The molecule has 0 bridgehead atoms. The number of rotatable bonds is 4. The van der Waals surface area contributed by atoms with Crippen LogP contribution >= 0.6 is 11.3 Å². The minimum atomic E-state index is -0.403. The molecule has 0 unspecified atom stereocenters. The summed E-state index contributed by atoms with van der Waals surface area (Å²) in [7, 11) is 0. The van der Waals surface area contributed by atoms with Crippen LogP contribution in [0.15, 0.2) is 29.8 Å². The van der Waals surface area contributed by atoms with Crippen LogP contribution < -0.4 is 11.1 Å². The van der Waals surface area contributed by atoms with Crippen LogP contribution in [0.4, 0.5) is 16.5 Å². The van der Waals surface area contributed by atoms with Gasteiger partial charge in [-0.05, 0) is 17.0 Å². The van der Waals surface area contributed by atoms with Crippen LogP contribution in [0.1, 0.15) is 5.56 Å². The number of nitro groups is 1. The summed E-state index contributed by atoms with van der Waals surface area (Å²) < 4.78 is 0. The van der Waals surface area contributed by atoms with Crippen LogP contribution in [-0.4, -0.2) is 9.91 Å². The maximum absolute atomic E-state index is 10.7. The summed E-state index contributed by atoms with van der Waals surface area (Å²) in [6, 6.07) is 5.00. The van der Waals surface area contributed by atoms with Crippen LogP contribution in [0, 0.1) is 10.1 Å². The first-order valence-electron chi connectivity index (χ1n) is 4.83. The summed E-state index contributed by atoms with van der Waals surface area (Å²) in [5, 5.41) is 15.9. The van der Waals surface area contributed by atoms with E-state index in [1.54, 1.807) is 17.6 Å². The summed E-state index contributed by atoms with van der Waals surface area (Å²) in [5.74, 6) is 0.454. The van der Waals surface area contributed by atoms with Crippen molar-refractivity contribution < 1.29 is 4.92 Å². The summed E-state index contributed by atoms with van der Waals surface area (Å²) in [6.45, 7) is 0.481. The Balaban J connectivity index is 2.05. The molecule has 0 saturated carbocycles. The number of nitrogens with zero attached hydrogens (tertiary/aromatic N) is 2. The number of hydrogen-bond donors (Lipinski definition) is 2.